The van der Waals surface area contributed by atoms with Crippen LogP contribution in [0.5, 0.6) is 5.88 Å². The second-order valence-electron chi connectivity index (χ2n) is 4.71. The summed E-state index contributed by atoms with van der Waals surface area (Å²) in [4.78, 5) is 17.7. The zero-order valence-corrected chi connectivity index (χ0v) is 11.8. The molecule has 6 heteroatoms. The lowest BCUT2D eigenvalue weighted by Gasteiger charge is -2.38. The number of rotatable bonds is 3. The lowest BCUT2D eigenvalue weighted by molar-refractivity contribution is 0.0157. The van der Waals surface area contributed by atoms with E-state index in [0.717, 1.165) is 0 Å². The van der Waals surface area contributed by atoms with Crippen LogP contribution in [0.25, 0.3) is 0 Å². The van der Waals surface area contributed by atoms with Crippen LogP contribution in [-0.2, 0) is 0 Å². The maximum Gasteiger partial charge on any atom is 0.258 e. The molecule has 1 aliphatic heterocycles. The molecule has 0 unspecified atom stereocenters. The Morgan fingerprint density at radius 3 is 2.76 bits per heavy atom. The van der Waals surface area contributed by atoms with Crippen molar-refractivity contribution in [1.82, 2.24) is 9.88 Å². The summed E-state index contributed by atoms with van der Waals surface area (Å²) < 4.78 is 19.3. The van der Waals surface area contributed by atoms with Gasteiger partial charge in [-0.25, -0.2) is 9.37 Å². The van der Waals surface area contributed by atoms with Crippen LogP contribution in [0.2, 0.25) is 5.02 Å². The van der Waals surface area contributed by atoms with Crippen molar-refractivity contribution in [2.24, 2.45) is 0 Å². The summed E-state index contributed by atoms with van der Waals surface area (Å²) >= 11 is 5.89. The van der Waals surface area contributed by atoms with E-state index in [2.05, 4.69) is 4.98 Å². The molecule has 2 aromatic rings. The molecular weight excluding hydrogens is 295 g/mol. The van der Waals surface area contributed by atoms with Gasteiger partial charge in [-0.05, 0) is 18.2 Å². The third kappa shape index (κ3) is 2.83. The molecule has 3 rings (SSSR count). The fraction of sp³-hybridized carbons (Fsp3) is 0.200. The zero-order valence-electron chi connectivity index (χ0n) is 11.0. The number of carbonyl (C=O) groups is 1. The molecule has 0 saturated carbocycles. The molecule has 1 fully saturated rings. The summed E-state index contributed by atoms with van der Waals surface area (Å²) in [7, 11) is 0. The molecule has 1 aromatic heterocycles. The summed E-state index contributed by atoms with van der Waals surface area (Å²) in [5, 5.41) is 0.120. The Bertz CT molecular complexity index is 640. The number of hydrogen-bond donors (Lipinski definition) is 0. The maximum absolute atomic E-state index is 13.7. The Hall–Kier alpha value is -2.14. The molecule has 108 valence electrons. The third-order valence-electron chi connectivity index (χ3n) is 3.24. The molecule has 1 aromatic carbocycles. The Labute approximate surface area is 126 Å². The number of nitrogens with zero attached hydrogens (tertiary/aromatic N) is 2. The van der Waals surface area contributed by atoms with Gasteiger partial charge in [-0.2, -0.15) is 0 Å². The SMILES string of the molecule is O=C(c1c(F)cccc1Cl)N1CC(Oc2ccccn2)C1. The van der Waals surface area contributed by atoms with E-state index in [1.165, 1.54) is 23.1 Å². The van der Waals surface area contributed by atoms with Gasteiger partial charge in [0.05, 0.1) is 23.7 Å². The minimum absolute atomic E-state index is 0.0875. The van der Waals surface area contributed by atoms with E-state index in [4.69, 9.17) is 16.3 Å². The van der Waals surface area contributed by atoms with Gasteiger partial charge < -0.3 is 9.64 Å². The van der Waals surface area contributed by atoms with Crippen LogP contribution < -0.4 is 4.74 Å². The summed E-state index contributed by atoms with van der Waals surface area (Å²) in [6, 6.07) is 9.56. The van der Waals surface area contributed by atoms with Crippen LogP contribution in [0.1, 0.15) is 10.4 Å². The molecule has 1 aliphatic rings. The normalized spacial score (nSPS) is 14.7. The van der Waals surface area contributed by atoms with Crippen LogP contribution >= 0.6 is 11.6 Å². The molecule has 0 spiro atoms. The topological polar surface area (TPSA) is 42.4 Å². The van der Waals surface area contributed by atoms with Gasteiger partial charge in [-0.15, -0.1) is 0 Å². The molecule has 0 bridgehead atoms. The molecule has 0 radical (unpaired) electrons. The van der Waals surface area contributed by atoms with Crippen LogP contribution in [0.4, 0.5) is 4.39 Å². The Morgan fingerprint density at radius 1 is 1.29 bits per heavy atom. The van der Waals surface area contributed by atoms with E-state index in [1.807, 2.05) is 6.07 Å². The highest BCUT2D eigenvalue weighted by molar-refractivity contribution is 6.33. The number of hydrogen-bond acceptors (Lipinski definition) is 3. The number of amides is 1. The summed E-state index contributed by atoms with van der Waals surface area (Å²) in [5.74, 6) is -0.515. The molecule has 1 saturated heterocycles. The van der Waals surface area contributed by atoms with Crippen molar-refractivity contribution in [1.29, 1.82) is 0 Å². The number of benzene rings is 1. The number of pyridine rings is 1. The number of aromatic nitrogens is 1. The summed E-state index contributed by atoms with van der Waals surface area (Å²) in [6.45, 7) is 0.778. The molecule has 0 N–H and O–H groups in total. The average molecular weight is 307 g/mol. The van der Waals surface area contributed by atoms with Gasteiger partial charge in [0.1, 0.15) is 11.9 Å². The maximum atomic E-state index is 13.7. The first-order chi connectivity index (χ1) is 10.1. The fourth-order valence-corrected chi connectivity index (χ4v) is 2.37. The lowest BCUT2D eigenvalue weighted by Crippen LogP contribution is -2.56. The van der Waals surface area contributed by atoms with E-state index in [-0.39, 0.29) is 16.7 Å². The van der Waals surface area contributed by atoms with Gasteiger partial charge in [-0.3, -0.25) is 4.79 Å². The highest BCUT2D eigenvalue weighted by Crippen LogP contribution is 2.24. The van der Waals surface area contributed by atoms with Gasteiger partial charge in [0, 0.05) is 12.3 Å². The van der Waals surface area contributed by atoms with Crippen molar-refractivity contribution >= 4 is 17.5 Å². The minimum Gasteiger partial charge on any atom is -0.471 e. The van der Waals surface area contributed by atoms with Crippen molar-refractivity contribution in [2.45, 2.75) is 6.10 Å². The molecule has 21 heavy (non-hydrogen) atoms. The number of carbonyl (C=O) groups excluding carboxylic acids is 1. The van der Waals surface area contributed by atoms with Crippen molar-refractivity contribution in [3.63, 3.8) is 0 Å². The van der Waals surface area contributed by atoms with Gasteiger partial charge in [0.25, 0.3) is 5.91 Å². The fourth-order valence-electron chi connectivity index (χ4n) is 2.13. The largest absolute Gasteiger partial charge is 0.471 e. The van der Waals surface area contributed by atoms with Gasteiger partial charge >= 0.3 is 0 Å². The second-order valence-corrected chi connectivity index (χ2v) is 5.12. The predicted octanol–water partition coefficient (Wildman–Crippen LogP) is 2.78. The van der Waals surface area contributed by atoms with E-state index >= 15 is 0 Å². The highest BCUT2D eigenvalue weighted by Gasteiger charge is 2.34. The van der Waals surface area contributed by atoms with Gasteiger partial charge in [0.15, 0.2) is 0 Å². The van der Waals surface area contributed by atoms with E-state index in [0.29, 0.717) is 19.0 Å². The molecule has 0 atom stereocenters. The first kappa shape index (κ1) is 13.8. The highest BCUT2D eigenvalue weighted by atomic mass is 35.5. The van der Waals surface area contributed by atoms with E-state index in [9.17, 15) is 9.18 Å². The molecule has 0 aliphatic carbocycles. The van der Waals surface area contributed by atoms with Crippen LogP contribution in [0, 0.1) is 5.82 Å². The smallest absolute Gasteiger partial charge is 0.258 e. The van der Waals surface area contributed by atoms with Crippen LogP contribution in [-0.4, -0.2) is 35.0 Å². The lowest BCUT2D eigenvalue weighted by atomic mass is 10.1. The van der Waals surface area contributed by atoms with Crippen molar-refractivity contribution in [3.05, 3.63) is 59.0 Å². The second kappa shape index (κ2) is 5.69. The molecule has 4 nitrogen and oxygen atoms in total. The quantitative estimate of drug-likeness (QED) is 0.875. The summed E-state index contributed by atoms with van der Waals surface area (Å²) in [5.41, 5.74) is -0.0875. The van der Waals surface area contributed by atoms with E-state index < -0.39 is 11.7 Å². The van der Waals surface area contributed by atoms with Crippen molar-refractivity contribution < 1.29 is 13.9 Å². The average Bonchev–Trinajstić information content (AvgIpc) is 2.43. The Morgan fingerprint density at radius 2 is 2.10 bits per heavy atom. The van der Waals surface area contributed by atoms with E-state index in [1.54, 1.807) is 18.3 Å². The molecular formula is C15H12ClFN2O2. The van der Waals surface area contributed by atoms with Crippen LogP contribution in [0.15, 0.2) is 42.6 Å². The third-order valence-corrected chi connectivity index (χ3v) is 3.55. The van der Waals surface area contributed by atoms with Crippen molar-refractivity contribution in [2.75, 3.05) is 13.1 Å². The first-order valence-electron chi connectivity index (χ1n) is 6.46. The standard InChI is InChI=1S/C15H12ClFN2O2/c16-11-4-3-5-12(17)14(11)15(20)19-8-10(9-19)21-13-6-1-2-7-18-13/h1-7,10H,8-9H2. The van der Waals surface area contributed by atoms with Crippen molar-refractivity contribution in [3.8, 4) is 5.88 Å². The predicted molar refractivity (Wildman–Crippen MR) is 76.0 cm³/mol. The number of halogens is 2. The van der Waals surface area contributed by atoms with Crippen LogP contribution in [0.3, 0.4) is 0 Å². The zero-order chi connectivity index (χ0) is 14.8. The van der Waals surface area contributed by atoms with Gasteiger partial charge in [0.2, 0.25) is 5.88 Å². The summed E-state index contributed by atoms with van der Waals surface area (Å²) in [6.07, 6.45) is 1.50. The Kier molecular flexibility index (Phi) is 3.75. The first-order valence-corrected chi connectivity index (χ1v) is 6.84. The molecule has 1 amide bonds. The monoisotopic (exact) mass is 306 g/mol. The number of ether oxygens (including phenoxy) is 1. The number of likely N-dealkylation sites (tertiary alicyclic amines) is 1. The minimum atomic E-state index is -0.610. The molecule has 2 heterocycles. The Balaban J connectivity index is 1.62. The van der Waals surface area contributed by atoms with Gasteiger partial charge in [-0.1, -0.05) is 23.7 Å².